The fourth-order valence-electron chi connectivity index (χ4n) is 2.63. The second-order valence-corrected chi connectivity index (χ2v) is 6.88. The van der Waals surface area contributed by atoms with Gasteiger partial charge in [-0.05, 0) is 40.6 Å². The molecule has 0 saturated carbocycles. The van der Waals surface area contributed by atoms with E-state index in [0.717, 1.165) is 27.0 Å². The van der Waals surface area contributed by atoms with Crippen LogP contribution in [0.4, 0.5) is 0 Å². The molecule has 0 fully saturated rings. The molecule has 116 valence electrons. The third kappa shape index (κ3) is 4.92. The number of pyridine rings is 1. The van der Waals surface area contributed by atoms with Crippen LogP contribution in [0.15, 0.2) is 16.7 Å². The molecular formula is C16H24BrN3S. The number of aromatic nitrogens is 3. The van der Waals surface area contributed by atoms with E-state index >= 15 is 0 Å². The number of H-pyrrole nitrogens is 1. The van der Waals surface area contributed by atoms with Crippen LogP contribution in [-0.4, -0.2) is 14.5 Å². The first-order valence-electron chi connectivity index (χ1n) is 7.96. The molecule has 21 heavy (non-hydrogen) atoms. The molecule has 0 spiro atoms. The van der Waals surface area contributed by atoms with Crippen molar-refractivity contribution in [2.45, 2.75) is 64.8 Å². The molecule has 0 aliphatic carbocycles. The summed E-state index contributed by atoms with van der Waals surface area (Å²) in [6, 6.07) is 2.03. The van der Waals surface area contributed by atoms with Crippen molar-refractivity contribution in [1.29, 1.82) is 0 Å². The minimum Gasteiger partial charge on any atom is -0.329 e. The minimum atomic E-state index is 0.776. The van der Waals surface area contributed by atoms with Gasteiger partial charge in [-0.1, -0.05) is 51.9 Å². The lowest BCUT2D eigenvalue weighted by molar-refractivity contribution is 0.545. The van der Waals surface area contributed by atoms with E-state index in [1.54, 1.807) is 0 Å². The summed E-state index contributed by atoms with van der Waals surface area (Å²) in [6.45, 7) is 3.22. The van der Waals surface area contributed by atoms with E-state index in [2.05, 4.69) is 37.4 Å². The van der Waals surface area contributed by atoms with Crippen LogP contribution < -0.4 is 0 Å². The van der Waals surface area contributed by atoms with E-state index < -0.39 is 0 Å². The van der Waals surface area contributed by atoms with Crippen LogP contribution in [0.5, 0.6) is 0 Å². The van der Waals surface area contributed by atoms with Crippen molar-refractivity contribution in [2.24, 2.45) is 0 Å². The predicted molar refractivity (Wildman–Crippen MR) is 95.2 cm³/mol. The molecule has 2 aromatic rings. The van der Waals surface area contributed by atoms with Gasteiger partial charge < -0.3 is 9.55 Å². The smallest absolute Gasteiger partial charge is 0.179 e. The van der Waals surface area contributed by atoms with Crippen LogP contribution in [0.2, 0.25) is 0 Å². The van der Waals surface area contributed by atoms with Crippen molar-refractivity contribution in [2.75, 3.05) is 0 Å². The first-order valence-corrected chi connectivity index (χ1v) is 9.16. The third-order valence-corrected chi connectivity index (χ3v) is 4.57. The van der Waals surface area contributed by atoms with Crippen molar-refractivity contribution in [3.63, 3.8) is 0 Å². The molecule has 2 heterocycles. The van der Waals surface area contributed by atoms with Crippen LogP contribution in [0.3, 0.4) is 0 Å². The van der Waals surface area contributed by atoms with Crippen LogP contribution in [0.25, 0.3) is 11.2 Å². The number of unbranched alkanes of at least 4 members (excludes halogenated alkanes) is 7. The van der Waals surface area contributed by atoms with Crippen LogP contribution >= 0.6 is 28.1 Å². The molecule has 5 heteroatoms. The van der Waals surface area contributed by atoms with Gasteiger partial charge in [0.05, 0.1) is 5.52 Å². The summed E-state index contributed by atoms with van der Waals surface area (Å²) in [4.78, 5) is 7.70. The van der Waals surface area contributed by atoms with Gasteiger partial charge in [0.2, 0.25) is 0 Å². The number of fused-ring (bicyclic) bond motifs is 1. The topological polar surface area (TPSA) is 33.6 Å². The first kappa shape index (κ1) is 16.7. The van der Waals surface area contributed by atoms with E-state index in [1.807, 2.05) is 12.3 Å². The zero-order valence-corrected chi connectivity index (χ0v) is 15.1. The maximum atomic E-state index is 5.40. The molecule has 0 aromatic carbocycles. The fourth-order valence-corrected chi connectivity index (χ4v) is 3.25. The normalized spacial score (nSPS) is 11.3. The largest absolute Gasteiger partial charge is 0.329 e. The summed E-state index contributed by atoms with van der Waals surface area (Å²) in [5.41, 5.74) is 1.97. The fraction of sp³-hybridized carbons (Fsp3) is 0.625. The number of nitrogens with one attached hydrogen (secondary N) is 1. The SMILES string of the molecule is CCCCCCCCCCn1c(=S)[nH]c2cc(Br)cnc21. The summed E-state index contributed by atoms with van der Waals surface area (Å²) >= 11 is 8.84. The Kier molecular flexibility index (Phi) is 6.90. The summed E-state index contributed by atoms with van der Waals surface area (Å²) < 4.78 is 3.87. The van der Waals surface area contributed by atoms with Gasteiger partial charge in [0.1, 0.15) is 0 Å². The number of rotatable bonds is 9. The number of hydrogen-bond acceptors (Lipinski definition) is 2. The first-order chi connectivity index (χ1) is 10.2. The maximum absolute atomic E-state index is 5.40. The Labute approximate surface area is 140 Å². The van der Waals surface area contributed by atoms with E-state index in [0.29, 0.717) is 0 Å². The highest BCUT2D eigenvalue weighted by Crippen LogP contribution is 2.18. The van der Waals surface area contributed by atoms with Crippen molar-refractivity contribution in [3.05, 3.63) is 21.5 Å². The van der Waals surface area contributed by atoms with Crippen LogP contribution in [-0.2, 0) is 6.54 Å². The number of aryl methyl sites for hydroxylation is 1. The second-order valence-electron chi connectivity index (χ2n) is 5.58. The molecule has 2 rings (SSSR count). The van der Waals surface area contributed by atoms with Crippen molar-refractivity contribution in [1.82, 2.24) is 14.5 Å². The molecule has 0 aliphatic heterocycles. The average Bonchev–Trinajstić information content (AvgIpc) is 2.76. The molecule has 0 unspecified atom stereocenters. The Hall–Kier alpha value is -0.680. The highest BCUT2D eigenvalue weighted by molar-refractivity contribution is 9.10. The minimum absolute atomic E-state index is 0.776. The van der Waals surface area contributed by atoms with E-state index in [-0.39, 0.29) is 0 Å². The van der Waals surface area contributed by atoms with E-state index in [1.165, 1.54) is 51.4 Å². The van der Waals surface area contributed by atoms with Gasteiger partial charge in [-0.3, -0.25) is 0 Å². The molecular weight excluding hydrogens is 346 g/mol. The Balaban J connectivity index is 1.79. The summed E-state index contributed by atoms with van der Waals surface area (Å²) in [6.07, 6.45) is 12.5. The summed E-state index contributed by atoms with van der Waals surface area (Å²) in [5, 5.41) is 0. The summed E-state index contributed by atoms with van der Waals surface area (Å²) in [5.74, 6) is 0. The molecule has 0 radical (unpaired) electrons. The van der Waals surface area contributed by atoms with Gasteiger partial charge in [0, 0.05) is 17.2 Å². The Bertz CT molecular complexity index is 617. The van der Waals surface area contributed by atoms with Gasteiger partial charge in [0.25, 0.3) is 0 Å². The van der Waals surface area contributed by atoms with Crippen molar-refractivity contribution < 1.29 is 0 Å². The monoisotopic (exact) mass is 369 g/mol. The highest BCUT2D eigenvalue weighted by Gasteiger charge is 2.05. The van der Waals surface area contributed by atoms with Gasteiger partial charge in [-0.25, -0.2) is 4.98 Å². The van der Waals surface area contributed by atoms with Gasteiger partial charge in [-0.2, -0.15) is 0 Å². The van der Waals surface area contributed by atoms with Crippen molar-refractivity contribution in [3.8, 4) is 0 Å². The molecule has 2 aromatic heterocycles. The standard InChI is InChI=1S/C16H24BrN3S/c1-2-3-4-5-6-7-8-9-10-20-15-14(19-16(20)21)11-13(17)12-18-15/h11-12H,2-10H2,1H3,(H,19,21). The molecule has 0 atom stereocenters. The number of aromatic amines is 1. The predicted octanol–water partition coefficient (Wildman–Crippen LogP) is 6.00. The van der Waals surface area contributed by atoms with Gasteiger partial charge in [-0.15, -0.1) is 0 Å². The number of nitrogens with zero attached hydrogens (tertiary/aromatic N) is 2. The third-order valence-electron chi connectivity index (χ3n) is 3.81. The molecule has 0 saturated heterocycles. The van der Waals surface area contributed by atoms with E-state index in [4.69, 9.17) is 12.2 Å². The quantitative estimate of drug-likeness (QED) is 0.434. The average molecular weight is 370 g/mol. The van der Waals surface area contributed by atoms with Gasteiger partial charge in [0.15, 0.2) is 10.4 Å². The maximum Gasteiger partial charge on any atom is 0.179 e. The molecule has 0 aliphatic rings. The Morgan fingerprint density at radius 1 is 1.14 bits per heavy atom. The van der Waals surface area contributed by atoms with Crippen LogP contribution in [0, 0.1) is 4.77 Å². The second kappa shape index (κ2) is 8.69. The molecule has 3 nitrogen and oxygen atoms in total. The number of imidazole rings is 1. The Morgan fingerprint density at radius 2 is 1.81 bits per heavy atom. The van der Waals surface area contributed by atoms with Crippen LogP contribution in [0.1, 0.15) is 58.3 Å². The number of hydrogen-bond donors (Lipinski definition) is 1. The molecule has 0 bridgehead atoms. The Morgan fingerprint density at radius 3 is 2.52 bits per heavy atom. The van der Waals surface area contributed by atoms with E-state index in [9.17, 15) is 0 Å². The highest BCUT2D eigenvalue weighted by atomic mass is 79.9. The molecule has 0 amide bonds. The lowest BCUT2D eigenvalue weighted by Crippen LogP contribution is -1.99. The zero-order chi connectivity index (χ0) is 15.1. The zero-order valence-electron chi connectivity index (χ0n) is 12.7. The van der Waals surface area contributed by atoms with Gasteiger partial charge >= 0.3 is 0 Å². The lowest BCUT2D eigenvalue weighted by atomic mass is 10.1. The van der Waals surface area contributed by atoms with Crippen molar-refractivity contribution >= 4 is 39.3 Å². The molecule has 1 N–H and O–H groups in total. The summed E-state index contributed by atoms with van der Waals surface area (Å²) in [7, 11) is 0. The lowest BCUT2D eigenvalue weighted by Gasteiger charge is -2.04. The number of halogens is 1.